The average Bonchev–Trinajstić information content (AvgIpc) is 2.30. The van der Waals surface area contributed by atoms with Crippen molar-refractivity contribution in [1.82, 2.24) is 5.32 Å². The van der Waals surface area contributed by atoms with Gasteiger partial charge < -0.3 is 5.32 Å². The molecule has 0 saturated heterocycles. The van der Waals surface area contributed by atoms with Crippen LogP contribution in [0.15, 0.2) is 36.4 Å². The summed E-state index contributed by atoms with van der Waals surface area (Å²) in [7, 11) is 0. The predicted octanol–water partition coefficient (Wildman–Crippen LogP) is 3.29. The lowest BCUT2D eigenvalue weighted by Gasteiger charge is -2.09. The Morgan fingerprint density at radius 2 is 2.06 bits per heavy atom. The molecule has 0 amide bonds. The van der Waals surface area contributed by atoms with Crippen LogP contribution in [0.2, 0.25) is 0 Å². The molecular formula is C14H21NS. The molecule has 1 unspecified atom stereocenters. The highest BCUT2D eigenvalue weighted by Gasteiger charge is 1.97. The van der Waals surface area contributed by atoms with Gasteiger partial charge in [0.25, 0.3) is 0 Å². The highest BCUT2D eigenvalue weighted by Crippen LogP contribution is 2.02. The van der Waals surface area contributed by atoms with Gasteiger partial charge in [0, 0.05) is 6.54 Å². The maximum atomic E-state index is 3.44. The number of hydrogen-bond donors (Lipinski definition) is 1. The Bertz CT molecular complexity index is 295. The fraction of sp³-hybridized carbons (Fsp3) is 0.429. The van der Waals surface area contributed by atoms with E-state index in [-0.39, 0.29) is 0 Å². The van der Waals surface area contributed by atoms with Crippen LogP contribution in [0.1, 0.15) is 12.5 Å². The van der Waals surface area contributed by atoms with E-state index in [0.29, 0.717) is 0 Å². The second-order valence-corrected chi connectivity index (χ2v) is 4.94. The van der Waals surface area contributed by atoms with Gasteiger partial charge in [0.05, 0.1) is 0 Å². The molecule has 1 N–H and O–H groups in total. The summed E-state index contributed by atoms with van der Waals surface area (Å²) in [4.78, 5) is 0. The van der Waals surface area contributed by atoms with Crippen LogP contribution in [0.3, 0.4) is 0 Å². The zero-order chi connectivity index (χ0) is 11.6. The Balaban J connectivity index is 2.14. The third kappa shape index (κ3) is 5.99. The normalized spacial score (nSPS) is 13.1. The van der Waals surface area contributed by atoms with Crippen molar-refractivity contribution in [2.45, 2.75) is 6.92 Å². The van der Waals surface area contributed by atoms with Gasteiger partial charge in [-0.05, 0) is 30.0 Å². The van der Waals surface area contributed by atoms with Gasteiger partial charge >= 0.3 is 0 Å². The van der Waals surface area contributed by atoms with Gasteiger partial charge in [-0.3, -0.25) is 0 Å². The Kier molecular flexibility index (Phi) is 7.02. The largest absolute Gasteiger partial charge is 0.313 e. The van der Waals surface area contributed by atoms with Gasteiger partial charge in [-0.25, -0.2) is 0 Å². The summed E-state index contributed by atoms with van der Waals surface area (Å²) in [5.41, 5.74) is 1.27. The van der Waals surface area contributed by atoms with Crippen LogP contribution in [-0.4, -0.2) is 25.1 Å². The Labute approximate surface area is 103 Å². The third-order valence-corrected chi connectivity index (χ3v) is 3.22. The molecule has 1 aromatic carbocycles. The van der Waals surface area contributed by atoms with Crippen molar-refractivity contribution >= 4 is 17.8 Å². The Morgan fingerprint density at radius 3 is 2.75 bits per heavy atom. The lowest BCUT2D eigenvalue weighted by Crippen LogP contribution is -2.22. The van der Waals surface area contributed by atoms with Crippen LogP contribution < -0.4 is 5.32 Å². The second-order valence-electron chi connectivity index (χ2n) is 4.03. The molecule has 0 aliphatic heterocycles. The first-order valence-corrected chi connectivity index (χ1v) is 7.13. The lowest BCUT2D eigenvalue weighted by molar-refractivity contribution is 0.585. The standard InChI is InChI=1S/C14H21NS/c1-13(12-16-2)11-15-10-6-9-14-7-4-3-5-8-14/h3-9,13,15H,10-12H2,1-2H3. The molecule has 1 atom stereocenters. The summed E-state index contributed by atoms with van der Waals surface area (Å²) in [6, 6.07) is 10.4. The van der Waals surface area contributed by atoms with E-state index in [1.165, 1.54) is 11.3 Å². The smallest absolute Gasteiger partial charge is 0.0138 e. The number of rotatable bonds is 7. The van der Waals surface area contributed by atoms with Crippen molar-refractivity contribution in [1.29, 1.82) is 0 Å². The molecule has 0 spiro atoms. The zero-order valence-corrected chi connectivity index (χ0v) is 11.0. The van der Waals surface area contributed by atoms with Crippen molar-refractivity contribution < 1.29 is 0 Å². The molecule has 0 aliphatic carbocycles. The van der Waals surface area contributed by atoms with E-state index in [9.17, 15) is 0 Å². The molecule has 0 fully saturated rings. The monoisotopic (exact) mass is 235 g/mol. The first-order valence-electron chi connectivity index (χ1n) is 5.74. The van der Waals surface area contributed by atoms with Crippen LogP contribution in [0.25, 0.3) is 6.08 Å². The maximum Gasteiger partial charge on any atom is 0.0138 e. The van der Waals surface area contributed by atoms with Gasteiger partial charge in [0.15, 0.2) is 0 Å². The molecule has 1 rings (SSSR count). The fourth-order valence-corrected chi connectivity index (χ4v) is 2.20. The zero-order valence-electron chi connectivity index (χ0n) is 10.1. The lowest BCUT2D eigenvalue weighted by atomic mass is 10.2. The number of hydrogen-bond acceptors (Lipinski definition) is 2. The van der Waals surface area contributed by atoms with Gasteiger partial charge in [-0.1, -0.05) is 49.4 Å². The van der Waals surface area contributed by atoms with E-state index in [2.05, 4.69) is 54.9 Å². The van der Waals surface area contributed by atoms with Crippen molar-refractivity contribution in [2.24, 2.45) is 5.92 Å². The molecule has 0 aromatic heterocycles. The van der Waals surface area contributed by atoms with Gasteiger partial charge in [0.1, 0.15) is 0 Å². The average molecular weight is 235 g/mol. The first kappa shape index (κ1) is 13.3. The molecule has 88 valence electrons. The minimum Gasteiger partial charge on any atom is -0.313 e. The molecule has 2 heteroatoms. The molecular weight excluding hydrogens is 214 g/mol. The molecule has 0 heterocycles. The molecule has 0 radical (unpaired) electrons. The summed E-state index contributed by atoms with van der Waals surface area (Å²) in [6.45, 7) is 4.33. The van der Waals surface area contributed by atoms with Crippen molar-refractivity contribution in [3.05, 3.63) is 42.0 Å². The van der Waals surface area contributed by atoms with E-state index >= 15 is 0 Å². The van der Waals surface area contributed by atoms with Crippen molar-refractivity contribution in [2.75, 3.05) is 25.1 Å². The number of benzene rings is 1. The van der Waals surface area contributed by atoms with Gasteiger partial charge in [-0.15, -0.1) is 0 Å². The van der Waals surface area contributed by atoms with Crippen LogP contribution in [-0.2, 0) is 0 Å². The minimum atomic E-state index is 0.750. The first-order chi connectivity index (χ1) is 7.83. The Morgan fingerprint density at radius 1 is 1.31 bits per heavy atom. The summed E-state index contributed by atoms with van der Waals surface area (Å²) >= 11 is 1.91. The fourth-order valence-electron chi connectivity index (χ4n) is 1.52. The molecule has 16 heavy (non-hydrogen) atoms. The minimum absolute atomic E-state index is 0.750. The summed E-state index contributed by atoms with van der Waals surface area (Å²) in [5.74, 6) is 1.98. The Hall–Kier alpha value is -0.730. The maximum absolute atomic E-state index is 3.44. The van der Waals surface area contributed by atoms with E-state index in [0.717, 1.165) is 19.0 Å². The molecule has 0 bridgehead atoms. The van der Waals surface area contributed by atoms with Crippen molar-refractivity contribution in [3.63, 3.8) is 0 Å². The molecule has 0 saturated carbocycles. The number of thioether (sulfide) groups is 1. The predicted molar refractivity (Wildman–Crippen MR) is 75.9 cm³/mol. The SMILES string of the molecule is CSCC(C)CNCC=Cc1ccccc1. The molecule has 1 nitrogen and oxygen atoms in total. The summed E-state index contributed by atoms with van der Waals surface area (Å²) < 4.78 is 0. The highest BCUT2D eigenvalue weighted by atomic mass is 32.2. The summed E-state index contributed by atoms with van der Waals surface area (Å²) in [5, 5.41) is 3.44. The topological polar surface area (TPSA) is 12.0 Å². The third-order valence-electron chi connectivity index (χ3n) is 2.32. The summed E-state index contributed by atoms with van der Waals surface area (Å²) in [6.07, 6.45) is 6.50. The van der Waals surface area contributed by atoms with E-state index < -0.39 is 0 Å². The van der Waals surface area contributed by atoms with Gasteiger partial charge in [-0.2, -0.15) is 11.8 Å². The van der Waals surface area contributed by atoms with Crippen LogP contribution in [0.4, 0.5) is 0 Å². The quantitative estimate of drug-likeness (QED) is 0.728. The molecule has 1 aromatic rings. The molecule has 0 aliphatic rings. The van der Waals surface area contributed by atoms with E-state index in [1.54, 1.807) is 0 Å². The second kappa shape index (κ2) is 8.43. The van der Waals surface area contributed by atoms with E-state index in [1.807, 2.05) is 17.8 Å². The van der Waals surface area contributed by atoms with E-state index in [4.69, 9.17) is 0 Å². The van der Waals surface area contributed by atoms with Crippen molar-refractivity contribution in [3.8, 4) is 0 Å². The van der Waals surface area contributed by atoms with Crippen LogP contribution in [0, 0.1) is 5.92 Å². The van der Waals surface area contributed by atoms with Crippen LogP contribution in [0.5, 0.6) is 0 Å². The van der Waals surface area contributed by atoms with Crippen LogP contribution >= 0.6 is 11.8 Å². The highest BCUT2D eigenvalue weighted by molar-refractivity contribution is 7.98. The van der Waals surface area contributed by atoms with Gasteiger partial charge in [0.2, 0.25) is 0 Å². The number of nitrogens with one attached hydrogen (secondary N) is 1.